The molecule has 1 aromatic rings. The molecule has 1 saturated carbocycles. The molecule has 0 aliphatic heterocycles. The minimum Gasteiger partial charge on any atom is -0.434 e. The summed E-state index contributed by atoms with van der Waals surface area (Å²) in [7, 11) is 0. The van der Waals surface area contributed by atoms with Crippen LogP contribution < -0.4 is 4.74 Å². The maximum absolute atomic E-state index is 12.5. The Kier molecular flexibility index (Phi) is 5.10. The Morgan fingerprint density at radius 1 is 1.25 bits per heavy atom. The van der Waals surface area contributed by atoms with Gasteiger partial charge in [0.15, 0.2) is 5.78 Å². The van der Waals surface area contributed by atoms with Crippen LogP contribution in [0, 0.1) is 11.8 Å². The number of rotatable bonds is 5. The Morgan fingerprint density at radius 2 is 1.90 bits per heavy atom. The molecule has 0 N–H and O–H groups in total. The molecule has 0 aromatic heterocycles. The van der Waals surface area contributed by atoms with Crippen molar-refractivity contribution in [2.75, 3.05) is 0 Å². The summed E-state index contributed by atoms with van der Waals surface area (Å²) in [6.45, 7) is -0.738. The average Bonchev–Trinajstić information content (AvgIpc) is 2.46. The van der Waals surface area contributed by atoms with Crippen molar-refractivity contribution >= 4 is 5.78 Å². The number of hydrogen-bond donors (Lipinski definition) is 0. The van der Waals surface area contributed by atoms with Gasteiger partial charge in [-0.2, -0.15) is 8.78 Å². The molecular formula is C16H20F2O2. The molecule has 1 aliphatic rings. The van der Waals surface area contributed by atoms with Crippen molar-refractivity contribution in [1.82, 2.24) is 0 Å². The van der Waals surface area contributed by atoms with E-state index in [4.69, 9.17) is 0 Å². The monoisotopic (exact) mass is 282 g/mol. The normalized spacial score (nSPS) is 22.8. The van der Waals surface area contributed by atoms with Crippen LogP contribution in [0.15, 0.2) is 24.3 Å². The van der Waals surface area contributed by atoms with Gasteiger partial charge in [0.25, 0.3) is 0 Å². The lowest BCUT2D eigenvalue weighted by atomic mass is 9.77. The highest BCUT2D eigenvalue weighted by atomic mass is 19.3. The second-order valence-electron chi connectivity index (χ2n) is 5.36. The van der Waals surface area contributed by atoms with E-state index in [1.807, 2.05) is 0 Å². The van der Waals surface area contributed by atoms with Gasteiger partial charge in [-0.1, -0.05) is 25.5 Å². The highest BCUT2D eigenvalue weighted by molar-refractivity contribution is 6.00. The minimum absolute atomic E-state index is 0.00915. The van der Waals surface area contributed by atoms with Crippen LogP contribution in [0.1, 0.15) is 49.4 Å². The summed E-state index contributed by atoms with van der Waals surface area (Å²) in [4.78, 5) is 12.5. The molecule has 1 aliphatic carbocycles. The Balaban J connectivity index is 2.09. The SMILES string of the molecule is CCC1CCC(C(=O)c2ccccc2OC(F)F)CC1. The first kappa shape index (κ1) is 14.9. The molecule has 0 bridgehead atoms. The Labute approximate surface area is 118 Å². The zero-order valence-corrected chi connectivity index (χ0v) is 11.6. The Bertz CT molecular complexity index is 452. The number of halogens is 2. The standard InChI is InChI=1S/C16H20F2O2/c1-2-11-7-9-12(10-8-11)15(19)13-5-3-4-6-14(13)20-16(17)18/h3-6,11-12,16H,2,7-10H2,1H3. The van der Waals surface area contributed by atoms with Crippen LogP contribution >= 0.6 is 0 Å². The molecular weight excluding hydrogens is 262 g/mol. The number of ketones is 1. The highest BCUT2D eigenvalue weighted by Gasteiger charge is 2.28. The lowest BCUT2D eigenvalue weighted by Gasteiger charge is -2.27. The third kappa shape index (κ3) is 3.56. The summed E-state index contributed by atoms with van der Waals surface area (Å²) < 4.78 is 29.2. The summed E-state index contributed by atoms with van der Waals surface area (Å²) in [5.41, 5.74) is 0.285. The largest absolute Gasteiger partial charge is 0.434 e. The third-order valence-electron chi connectivity index (χ3n) is 4.16. The molecule has 1 fully saturated rings. The maximum Gasteiger partial charge on any atom is 0.387 e. The van der Waals surface area contributed by atoms with Crippen molar-refractivity contribution in [3.63, 3.8) is 0 Å². The first-order valence-corrected chi connectivity index (χ1v) is 7.19. The van der Waals surface area contributed by atoms with Crippen LogP contribution in [0.25, 0.3) is 0 Å². The summed E-state index contributed by atoms with van der Waals surface area (Å²) in [6, 6.07) is 6.29. The van der Waals surface area contributed by atoms with Gasteiger partial charge >= 0.3 is 6.61 Å². The van der Waals surface area contributed by atoms with Gasteiger partial charge in [0.05, 0.1) is 5.56 Å². The fourth-order valence-corrected chi connectivity index (χ4v) is 2.92. The summed E-state index contributed by atoms with van der Waals surface area (Å²) in [5.74, 6) is 0.577. The van der Waals surface area contributed by atoms with E-state index < -0.39 is 6.61 Å². The molecule has 1 aromatic carbocycles. The van der Waals surface area contributed by atoms with Crippen LogP contribution in [-0.2, 0) is 0 Å². The third-order valence-corrected chi connectivity index (χ3v) is 4.16. The van der Waals surface area contributed by atoms with Crippen LogP contribution in [0.4, 0.5) is 8.78 Å². The van der Waals surface area contributed by atoms with E-state index >= 15 is 0 Å². The number of alkyl halides is 2. The van der Waals surface area contributed by atoms with Gasteiger partial charge in [-0.05, 0) is 43.7 Å². The van der Waals surface area contributed by atoms with Gasteiger partial charge < -0.3 is 4.74 Å². The second kappa shape index (κ2) is 6.82. The van der Waals surface area contributed by atoms with Crippen LogP contribution in [0.2, 0.25) is 0 Å². The molecule has 0 radical (unpaired) electrons. The van der Waals surface area contributed by atoms with Crippen molar-refractivity contribution < 1.29 is 18.3 Å². The molecule has 0 saturated heterocycles. The average molecular weight is 282 g/mol. The van der Waals surface area contributed by atoms with Crippen LogP contribution in [0.3, 0.4) is 0 Å². The molecule has 110 valence electrons. The fourth-order valence-electron chi connectivity index (χ4n) is 2.92. The topological polar surface area (TPSA) is 26.3 Å². The lowest BCUT2D eigenvalue weighted by Crippen LogP contribution is -2.22. The summed E-state index contributed by atoms with van der Waals surface area (Å²) in [5, 5.41) is 0. The van der Waals surface area contributed by atoms with Gasteiger partial charge in [0.2, 0.25) is 0 Å². The van der Waals surface area contributed by atoms with E-state index in [1.165, 1.54) is 6.07 Å². The number of para-hydroxylation sites is 1. The predicted octanol–water partition coefficient (Wildman–Crippen LogP) is 4.69. The van der Waals surface area contributed by atoms with Gasteiger partial charge in [0, 0.05) is 5.92 Å². The van der Waals surface area contributed by atoms with Crippen LogP contribution in [0.5, 0.6) is 5.75 Å². The van der Waals surface area contributed by atoms with Crippen molar-refractivity contribution in [3.05, 3.63) is 29.8 Å². The predicted molar refractivity (Wildman–Crippen MR) is 73.1 cm³/mol. The summed E-state index contributed by atoms with van der Waals surface area (Å²) in [6.07, 6.45) is 4.93. The fraction of sp³-hybridized carbons (Fsp3) is 0.562. The molecule has 0 amide bonds. The smallest absolute Gasteiger partial charge is 0.387 e. The molecule has 0 heterocycles. The Hall–Kier alpha value is -1.45. The molecule has 0 spiro atoms. The number of ether oxygens (including phenoxy) is 1. The first-order chi connectivity index (χ1) is 9.61. The quantitative estimate of drug-likeness (QED) is 0.732. The first-order valence-electron chi connectivity index (χ1n) is 7.19. The van der Waals surface area contributed by atoms with Gasteiger partial charge in [-0.3, -0.25) is 4.79 Å². The molecule has 2 rings (SSSR count). The highest BCUT2D eigenvalue weighted by Crippen LogP contribution is 2.34. The molecule has 2 nitrogen and oxygen atoms in total. The van der Waals surface area contributed by atoms with E-state index in [0.29, 0.717) is 5.92 Å². The minimum atomic E-state index is -2.90. The van der Waals surface area contributed by atoms with Crippen molar-refractivity contribution in [2.45, 2.75) is 45.6 Å². The summed E-state index contributed by atoms with van der Waals surface area (Å²) >= 11 is 0. The molecule has 4 heteroatoms. The number of carbonyl (C=O) groups is 1. The number of carbonyl (C=O) groups excluding carboxylic acids is 1. The second-order valence-corrected chi connectivity index (χ2v) is 5.36. The lowest BCUT2D eigenvalue weighted by molar-refractivity contribution is -0.0502. The Morgan fingerprint density at radius 3 is 2.50 bits per heavy atom. The number of hydrogen-bond acceptors (Lipinski definition) is 2. The van der Waals surface area contributed by atoms with E-state index in [2.05, 4.69) is 11.7 Å². The molecule has 0 atom stereocenters. The van der Waals surface area contributed by atoms with E-state index in [-0.39, 0.29) is 23.0 Å². The van der Waals surface area contributed by atoms with Crippen molar-refractivity contribution in [2.24, 2.45) is 11.8 Å². The zero-order chi connectivity index (χ0) is 14.5. The van der Waals surface area contributed by atoms with E-state index in [0.717, 1.165) is 32.1 Å². The maximum atomic E-state index is 12.5. The zero-order valence-electron chi connectivity index (χ0n) is 11.6. The van der Waals surface area contributed by atoms with Crippen LogP contribution in [-0.4, -0.2) is 12.4 Å². The molecule has 0 unspecified atom stereocenters. The van der Waals surface area contributed by atoms with Gasteiger partial charge in [-0.25, -0.2) is 0 Å². The van der Waals surface area contributed by atoms with Crippen molar-refractivity contribution in [1.29, 1.82) is 0 Å². The van der Waals surface area contributed by atoms with E-state index in [1.54, 1.807) is 18.2 Å². The molecule has 20 heavy (non-hydrogen) atoms. The van der Waals surface area contributed by atoms with Gasteiger partial charge in [-0.15, -0.1) is 0 Å². The van der Waals surface area contributed by atoms with E-state index in [9.17, 15) is 13.6 Å². The number of benzene rings is 1. The van der Waals surface area contributed by atoms with Gasteiger partial charge in [0.1, 0.15) is 5.75 Å². The van der Waals surface area contributed by atoms with Crippen molar-refractivity contribution in [3.8, 4) is 5.75 Å². The number of Topliss-reactive ketones (excluding diaryl/α,β-unsaturated/α-hetero) is 1.